The molecule has 0 radical (unpaired) electrons. The first kappa shape index (κ1) is 14.3. The quantitative estimate of drug-likeness (QED) is 0.826. The van der Waals surface area contributed by atoms with E-state index in [1.807, 2.05) is 18.3 Å². The van der Waals surface area contributed by atoms with Gasteiger partial charge in [0.15, 0.2) is 11.8 Å². The summed E-state index contributed by atoms with van der Waals surface area (Å²) in [5.74, 6) is -0.136. The van der Waals surface area contributed by atoms with Gasteiger partial charge >= 0.3 is 0 Å². The Morgan fingerprint density at radius 3 is 3.00 bits per heavy atom. The van der Waals surface area contributed by atoms with E-state index in [0.29, 0.717) is 37.7 Å². The third kappa shape index (κ3) is 2.95. The number of hydrogen-bond acceptors (Lipinski definition) is 4. The second-order valence-corrected chi connectivity index (χ2v) is 6.47. The summed E-state index contributed by atoms with van der Waals surface area (Å²) in [6, 6.07) is 4.20. The van der Waals surface area contributed by atoms with Crippen molar-refractivity contribution in [1.29, 1.82) is 0 Å². The third-order valence-corrected chi connectivity index (χ3v) is 4.67. The fraction of sp³-hybridized carbons (Fsp3) is 0.562. The molecule has 3 aliphatic rings. The molecule has 1 aromatic rings. The molecule has 7 heteroatoms. The van der Waals surface area contributed by atoms with E-state index in [1.165, 1.54) is 0 Å². The van der Waals surface area contributed by atoms with Crippen molar-refractivity contribution in [3.8, 4) is 0 Å². The monoisotopic (exact) mass is 316 g/mol. The number of hydrogen-bond donors (Lipinski definition) is 2. The van der Waals surface area contributed by atoms with Crippen molar-refractivity contribution >= 4 is 17.5 Å². The summed E-state index contributed by atoms with van der Waals surface area (Å²) in [6.07, 6.45) is 4.91. The first-order valence-electron chi connectivity index (χ1n) is 8.15. The first-order chi connectivity index (χ1) is 11.2. The highest BCUT2D eigenvalue weighted by atomic mass is 16.6. The van der Waals surface area contributed by atoms with Gasteiger partial charge in [-0.3, -0.25) is 9.59 Å². The number of aryl methyl sites for hydroxylation is 1. The maximum absolute atomic E-state index is 12.4. The molecule has 1 aromatic heterocycles. The maximum atomic E-state index is 12.4. The Hall–Kier alpha value is -2.31. The Balaban J connectivity index is 1.32. The lowest BCUT2D eigenvalue weighted by atomic mass is 10.0. The van der Waals surface area contributed by atoms with Crippen LogP contribution in [-0.2, 0) is 20.8 Å². The largest absolute Gasteiger partial charge is 0.389 e. The predicted octanol–water partition coefficient (Wildman–Crippen LogP) is 0.439. The number of nitrogens with zero attached hydrogens (tertiary/aromatic N) is 2. The number of fused-ring (bicyclic) bond motifs is 1. The molecule has 1 saturated carbocycles. The van der Waals surface area contributed by atoms with Crippen LogP contribution in [0.4, 0.5) is 0 Å². The van der Waals surface area contributed by atoms with Gasteiger partial charge in [0, 0.05) is 30.9 Å². The van der Waals surface area contributed by atoms with Crippen LogP contribution >= 0.6 is 0 Å². The number of likely N-dealkylation sites (tertiary alicyclic amines) is 1. The lowest BCUT2D eigenvalue weighted by Crippen LogP contribution is -2.38. The molecule has 0 aromatic carbocycles. The second kappa shape index (κ2) is 5.72. The zero-order valence-corrected chi connectivity index (χ0v) is 12.8. The van der Waals surface area contributed by atoms with Crippen molar-refractivity contribution < 1.29 is 14.4 Å². The molecule has 2 fully saturated rings. The Labute approximate surface area is 134 Å². The van der Waals surface area contributed by atoms with E-state index in [9.17, 15) is 9.59 Å². The number of rotatable bonds is 5. The van der Waals surface area contributed by atoms with Gasteiger partial charge in [-0.2, -0.15) is 0 Å². The minimum Gasteiger partial charge on any atom is -0.389 e. The zero-order valence-electron chi connectivity index (χ0n) is 12.8. The van der Waals surface area contributed by atoms with Crippen molar-refractivity contribution in [3.63, 3.8) is 0 Å². The molecule has 7 nitrogen and oxygen atoms in total. The van der Waals surface area contributed by atoms with E-state index < -0.39 is 0 Å². The van der Waals surface area contributed by atoms with Crippen molar-refractivity contribution in [2.45, 2.75) is 37.8 Å². The molecule has 2 N–H and O–H groups in total. The van der Waals surface area contributed by atoms with Crippen LogP contribution in [0.2, 0.25) is 0 Å². The van der Waals surface area contributed by atoms with Gasteiger partial charge in [-0.25, -0.2) is 0 Å². The van der Waals surface area contributed by atoms with Crippen LogP contribution in [0.5, 0.6) is 0 Å². The lowest BCUT2D eigenvalue weighted by molar-refractivity contribution is -0.130. The topological polar surface area (TPSA) is 86.8 Å². The molecule has 122 valence electrons. The van der Waals surface area contributed by atoms with Crippen LogP contribution in [0.3, 0.4) is 0 Å². The molecule has 4 rings (SSSR count). The Kier molecular flexibility index (Phi) is 3.55. The van der Waals surface area contributed by atoms with Crippen molar-refractivity contribution in [2.75, 3.05) is 13.1 Å². The summed E-state index contributed by atoms with van der Waals surface area (Å²) < 4.78 is 0. The normalized spacial score (nSPS) is 25.7. The first-order valence-corrected chi connectivity index (χ1v) is 8.15. The molecular formula is C16H20N4O3. The predicted molar refractivity (Wildman–Crippen MR) is 82.7 cm³/mol. The fourth-order valence-corrected chi connectivity index (χ4v) is 3.16. The minimum atomic E-state index is -0.176. The molecule has 0 bridgehead atoms. The number of carbonyl (C=O) groups is 2. The summed E-state index contributed by atoms with van der Waals surface area (Å²) in [7, 11) is 0. The highest BCUT2D eigenvalue weighted by Crippen LogP contribution is 2.28. The number of oxime groups is 1. The molecule has 2 atom stereocenters. The van der Waals surface area contributed by atoms with E-state index in [-0.39, 0.29) is 23.8 Å². The number of nitrogens with one attached hydrogen (secondary N) is 2. The van der Waals surface area contributed by atoms with E-state index in [4.69, 9.17) is 4.84 Å². The van der Waals surface area contributed by atoms with Crippen LogP contribution in [0.15, 0.2) is 23.5 Å². The van der Waals surface area contributed by atoms with E-state index in [2.05, 4.69) is 15.5 Å². The molecule has 23 heavy (non-hydrogen) atoms. The average molecular weight is 316 g/mol. The van der Waals surface area contributed by atoms with Gasteiger partial charge in [-0.15, -0.1) is 0 Å². The van der Waals surface area contributed by atoms with Crippen molar-refractivity contribution in [1.82, 2.24) is 15.2 Å². The van der Waals surface area contributed by atoms with Crippen LogP contribution in [0.25, 0.3) is 0 Å². The summed E-state index contributed by atoms with van der Waals surface area (Å²) in [5, 5.41) is 6.88. The fourth-order valence-electron chi connectivity index (χ4n) is 3.16. The van der Waals surface area contributed by atoms with E-state index in [1.54, 1.807) is 4.90 Å². The number of aromatic amines is 1. The number of aromatic nitrogens is 1. The number of H-pyrrole nitrogens is 1. The Morgan fingerprint density at radius 2 is 2.26 bits per heavy atom. The van der Waals surface area contributed by atoms with Gasteiger partial charge in [-0.1, -0.05) is 5.16 Å². The standard InChI is InChI=1S/C16H20N4O3/c21-14(6-5-10-2-1-7-17-10)20-8-12-13(9-20)23-19-15(12)16(22)18-11-3-4-11/h1-2,7,11-13,17H,3-6,8-9H2,(H,18,22)/t12-,13+/m0/s1. The van der Waals surface area contributed by atoms with Gasteiger partial charge in [0.05, 0.1) is 12.5 Å². The highest BCUT2D eigenvalue weighted by molar-refractivity contribution is 6.40. The third-order valence-electron chi connectivity index (χ3n) is 4.67. The highest BCUT2D eigenvalue weighted by Gasteiger charge is 2.46. The second-order valence-electron chi connectivity index (χ2n) is 6.47. The molecule has 1 saturated heterocycles. The molecular weight excluding hydrogens is 296 g/mol. The molecule has 0 spiro atoms. The zero-order chi connectivity index (χ0) is 15.8. The van der Waals surface area contributed by atoms with E-state index >= 15 is 0 Å². The SMILES string of the molecule is O=C(NC1CC1)C1=NO[C@@H]2CN(C(=O)CCc3ccc[nH]3)C[C@H]12. The Morgan fingerprint density at radius 1 is 1.39 bits per heavy atom. The van der Waals surface area contributed by atoms with Crippen molar-refractivity contribution in [2.24, 2.45) is 11.1 Å². The van der Waals surface area contributed by atoms with Gasteiger partial charge in [0.2, 0.25) is 5.91 Å². The van der Waals surface area contributed by atoms with Crippen LogP contribution in [0, 0.1) is 5.92 Å². The summed E-state index contributed by atoms with van der Waals surface area (Å²) in [4.78, 5) is 34.8. The summed E-state index contributed by atoms with van der Waals surface area (Å²) in [5.41, 5.74) is 1.50. The summed E-state index contributed by atoms with van der Waals surface area (Å²) >= 11 is 0. The van der Waals surface area contributed by atoms with Gasteiger partial charge < -0.3 is 20.0 Å². The maximum Gasteiger partial charge on any atom is 0.269 e. The number of carbonyl (C=O) groups excluding carboxylic acids is 2. The molecule has 2 aliphatic heterocycles. The van der Waals surface area contributed by atoms with Crippen LogP contribution in [0.1, 0.15) is 25.0 Å². The van der Waals surface area contributed by atoms with Gasteiger partial charge in [0.1, 0.15) is 0 Å². The van der Waals surface area contributed by atoms with Gasteiger partial charge in [-0.05, 0) is 31.4 Å². The van der Waals surface area contributed by atoms with E-state index in [0.717, 1.165) is 18.5 Å². The molecule has 1 aliphatic carbocycles. The number of amides is 2. The lowest BCUT2D eigenvalue weighted by Gasteiger charge is -2.16. The smallest absolute Gasteiger partial charge is 0.269 e. The van der Waals surface area contributed by atoms with Crippen molar-refractivity contribution in [3.05, 3.63) is 24.0 Å². The minimum absolute atomic E-state index is 0.0943. The summed E-state index contributed by atoms with van der Waals surface area (Å²) in [6.45, 7) is 1.03. The molecule has 3 heterocycles. The molecule has 0 unspecified atom stereocenters. The van der Waals surface area contributed by atoms with Crippen LogP contribution in [-0.4, -0.2) is 52.6 Å². The Bertz CT molecular complexity index is 636. The average Bonchev–Trinajstić information content (AvgIpc) is 2.97. The van der Waals surface area contributed by atoms with Gasteiger partial charge in [0.25, 0.3) is 5.91 Å². The molecule has 2 amide bonds. The van der Waals surface area contributed by atoms with Crippen LogP contribution < -0.4 is 5.32 Å².